The summed E-state index contributed by atoms with van der Waals surface area (Å²) in [6.07, 6.45) is 0. The molecular weight excluding hydrogens is 378 g/mol. The third kappa shape index (κ3) is 4.71. The molecule has 0 bridgehead atoms. The van der Waals surface area contributed by atoms with Crippen molar-refractivity contribution >= 4 is 43.2 Å². The molecule has 7 heteroatoms. The largest absolute Gasteiger partial charge is 0.392 e. The van der Waals surface area contributed by atoms with E-state index in [1.165, 1.54) is 0 Å². The van der Waals surface area contributed by atoms with Crippen LogP contribution in [-0.2, 0) is 22.4 Å². The Hall–Kier alpha value is -1.08. The second-order valence-electron chi connectivity index (χ2n) is 4.46. The Morgan fingerprint density at radius 1 is 1.10 bits per heavy atom. The van der Waals surface area contributed by atoms with Crippen molar-refractivity contribution in [2.75, 3.05) is 4.72 Å². The summed E-state index contributed by atoms with van der Waals surface area (Å²) in [7, 11) is -3.56. The van der Waals surface area contributed by atoms with Gasteiger partial charge in [0.15, 0.2) is 0 Å². The van der Waals surface area contributed by atoms with E-state index in [9.17, 15) is 8.42 Å². The molecule has 0 aliphatic carbocycles. The Labute approximate surface area is 136 Å². The number of nitrogens with one attached hydrogen (secondary N) is 1. The molecule has 4 nitrogen and oxygen atoms in total. The lowest BCUT2D eigenvalue weighted by atomic mass is 10.2. The minimum absolute atomic E-state index is 0.0705. The molecule has 0 aliphatic heterocycles. The number of aliphatic hydroxyl groups excluding tert-OH is 1. The van der Waals surface area contributed by atoms with E-state index >= 15 is 0 Å². The van der Waals surface area contributed by atoms with Crippen molar-refractivity contribution in [3.8, 4) is 0 Å². The van der Waals surface area contributed by atoms with Crippen molar-refractivity contribution in [2.45, 2.75) is 12.4 Å². The smallest absolute Gasteiger partial charge is 0.236 e. The van der Waals surface area contributed by atoms with Crippen LogP contribution < -0.4 is 4.72 Å². The molecule has 2 rings (SSSR count). The number of sulfonamides is 1. The molecule has 0 fully saturated rings. The number of halogens is 2. The predicted molar refractivity (Wildman–Crippen MR) is 87.8 cm³/mol. The maximum Gasteiger partial charge on any atom is 0.236 e. The molecular formula is C14H13BrClNO3S. The van der Waals surface area contributed by atoms with Gasteiger partial charge in [-0.15, -0.1) is 0 Å². The lowest BCUT2D eigenvalue weighted by Gasteiger charge is -2.10. The summed E-state index contributed by atoms with van der Waals surface area (Å²) < 4.78 is 27.5. The van der Waals surface area contributed by atoms with Crippen molar-refractivity contribution in [3.63, 3.8) is 0 Å². The van der Waals surface area contributed by atoms with E-state index < -0.39 is 10.0 Å². The lowest BCUT2D eigenvalue weighted by molar-refractivity contribution is 0.282. The first-order chi connectivity index (χ1) is 9.89. The lowest BCUT2D eigenvalue weighted by Crippen LogP contribution is -2.15. The van der Waals surface area contributed by atoms with Gasteiger partial charge in [0, 0.05) is 4.47 Å². The Morgan fingerprint density at radius 3 is 2.33 bits per heavy atom. The van der Waals surface area contributed by atoms with Crippen LogP contribution in [0.3, 0.4) is 0 Å². The molecule has 0 heterocycles. The molecule has 0 radical (unpaired) electrons. The van der Waals surface area contributed by atoms with Gasteiger partial charge in [-0.3, -0.25) is 4.72 Å². The maximum absolute atomic E-state index is 12.2. The van der Waals surface area contributed by atoms with E-state index in [1.54, 1.807) is 42.5 Å². The molecule has 0 unspecified atom stereocenters. The molecule has 0 aliphatic rings. The fraction of sp³-hybridized carbons (Fsp3) is 0.143. The van der Waals surface area contributed by atoms with E-state index in [1.807, 2.05) is 0 Å². The third-order valence-corrected chi connectivity index (χ3v) is 4.82. The zero-order valence-electron chi connectivity index (χ0n) is 10.9. The van der Waals surface area contributed by atoms with Crippen LogP contribution in [0.15, 0.2) is 46.9 Å². The summed E-state index contributed by atoms with van der Waals surface area (Å²) in [5, 5.41) is 9.29. The summed E-state index contributed by atoms with van der Waals surface area (Å²) in [5.41, 5.74) is 1.70. The first kappa shape index (κ1) is 16.3. The van der Waals surface area contributed by atoms with E-state index in [2.05, 4.69) is 20.7 Å². The van der Waals surface area contributed by atoms with Gasteiger partial charge < -0.3 is 5.11 Å². The minimum Gasteiger partial charge on any atom is -0.392 e. The molecule has 112 valence electrons. The highest BCUT2D eigenvalue weighted by Gasteiger charge is 2.14. The standard InChI is InChI=1S/C14H13BrClNO3S/c15-12-5-6-13(16)14(7-12)17-21(19,20)9-11-3-1-10(8-18)2-4-11/h1-7,17-18H,8-9H2. The summed E-state index contributed by atoms with van der Waals surface area (Å²) >= 11 is 9.24. The monoisotopic (exact) mass is 389 g/mol. The Balaban J connectivity index is 2.16. The number of anilines is 1. The molecule has 2 aromatic carbocycles. The molecule has 0 saturated heterocycles. The second kappa shape index (κ2) is 6.79. The van der Waals surface area contributed by atoms with Crippen LogP contribution in [-0.4, -0.2) is 13.5 Å². The van der Waals surface area contributed by atoms with Crippen LogP contribution in [0.2, 0.25) is 5.02 Å². The Bertz CT molecular complexity index is 732. The summed E-state index contributed by atoms with van der Waals surface area (Å²) in [4.78, 5) is 0. The van der Waals surface area contributed by atoms with Crippen LogP contribution in [0.4, 0.5) is 5.69 Å². The van der Waals surface area contributed by atoms with Crippen LogP contribution in [0.5, 0.6) is 0 Å². The third-order valence-electron chi connectivity index (χ3n) is 2.76. The summed E-state index contributed by atoms with van der Waals surface area (Å²) in [6, 6.07) is 11.7. The van der Waals surface area contributed by atoms with Crippen molar-refractivity contribution in [3.05, 3.63) is 63.1 Å². The first-order valence-electron chi connectivity index (χ1n) is 6.04. The zero-order chi connectivity index (χ0) is 15.5. The fourth-order valence-corrected chi connectivity index (χ4v) is 3.53. The van der Waals surface area contributed by atoms with Crippen molar-refractivity contribution in [1.82, 2.24) is 0 Å². The molecule has 21 heavy (non-hydrogen) atoms. The molecule has 2 aromatic rings. The Morgan fingerprint density at radius 2 is 1.71 bits per heavy atom. The van der Waals surface area contributed by atoms with Gasteiger partial charge in [0.05, 0.1) is 23.1 Å². The zero-order valence-corrected chi connectivity index (χ0v) is 14.0. The first-order valence-corrected chi connectivity index (χ1v) is 8.86. The molecule has 0 atom stereocenters. The predicted octanol–water partition coefficient (Wildman–Crippen LogP) is 3.54. The van der Waals surface area contributed by atoms with Crippen molar-refractivity contribution < 1.29 is 13.5 Å². The van der Waals surface area contributed by atoms with Gasteiger partial charge in [0.1, 0.15) is 0 Å². The molecule has 2 N–H and O–H groups in total. The number of benzene rings is 2. The van der Waals surface area contributed by atoms with E-state index in [0.717, 1.165) is 10.0 Å². The van der Waals surface area contributed by atoms with E-state index in [-0.39, 0.29) is 12.4 Å². The van der Waals surface area contributed by atoms with Gasteiger partial charge in [0.25, 0.3) is 0 Å². The number of hydrogen-bond donors (Lipinski definition) is 2. The van der Waals surface area contributed by atoms with Gasteiger partial charge in [0.2, 0.25) is 10.0 Å². The van der Waals surface area contributed by atoms with Crippen molar-refractivity contribution in [2.24, 2.45) is 0 Å². The average molecular weight is 391 g/mol. The normalized spacial score (nSPS) is 11.4. The highest BCUT2D eigenvalue weighted by Crippen LogP contribution is 2.27. The number of rotatable bonds is 5. The van der Waals surface area contributed by atoms with Crippen molar-refractivity contribution in [1.29, 1.82) is 0 Å². The van der Waals surface area contributed by atoms with Gasteiger partial charge in [-0.05, 0) is 29.3 Å². The maximum atomic E-state index is 12.2. The fourth-order valence-electron chi connectivity index (χ4n) is 1.74. The molecule has 0 spiro atoms. The summed E-state index contributed by atoms with van der Waals surface area (Å²) in [5.74, 6) is -0.165. The quantitative estimate of drug-likeness (QED) is 0.820. The van der Waals surface area contributed by atoms with Crippen LogP contribution in [0.1, 0.15) is 11.1 Å². The Kier molecular flexibility index (Phi) is 5.27. The molecule has 0 aromatic heterocycles. The average Bonchev–Trinajstić information content (AvgIpc) is 2.43. The topological polar surface area (TPSA) is 66.4 Å². The van der Waals surface area contributed by atoms with Gasteiger partial charge in [-0.2, -0.15) is 0 Å². The highest BCUT2D eigenvalue weighted by molar-refractivity contribution is 9.10. The molecule has 0 amide bonds. The van der Waals surface area contributed by atoms with Crippen LogP contribution in [0, 0.1) is 0 Å². The van der Waals surface area contributed by atoms with Crippen LogP contribution in [0.25, 0.3) is 0 Å². The summed E-state index contributed by atoms with van der Waals surface area (Å²) in [6.45, 7) is -0.0705. The highest BCUT2D eigenvalue weighted by atomic mass is 79.9. The van der Waals surface area contributed by atoms with Gasteiger partial charge >= 0.3 is 0 Å². The van der Waals surface area contributed by atoms with Gasteiger partial charge in [-0.25, -0.2) is 8.42 Å². The molecule has 0 saturated carbocycles. The van der Waals surface area contributed by atoms with Gasteiger partial charge in [-0.1, -0.05) is 51.8 Å². The second-order valence-corrected chi connectivity index (χ2v) is 7.51. The number of hydrogen-bond acceptors (Lipinski definition) is 3. The minimum atomic E-state index is -3.56. The van der Waals surface area contributed by atoms with E-state index in [0.29, 0.717) is 16.3 Å². The van der Waals surface area contributed by atoms with Crippen LogP contribution >= 0.6 is 27.5 Å². The number of aliphatic hydroxyl groups is 1. The SMILES string of the molecule is O=S(=O)(Cc1ccc(CO)cc1)Nc1cc(Br)ccc1Cl. The van der Waals surface area contributed by atoms with E-state index in [4.69, 9.17) is 16.7 Å².